The number of fused-ring (bicyclic) bond motifs is 2. The minimum atomic E-state index is -0.544. The lowest BCUT2D eigenvalue weighted by atomic mass is 10.0. The summed E-state index contributed by atoms with van der Waals surface area (Å²) in [5.74, 6) is 0.0560. The van der Waals surface area contributed by atoms with Crippen LogP contribution in [0.5, 0.6) is 11.5 Å². The number of hydrogen-bond donors (Lipinski definition) is 2. The molecule has 0 atom stereocenters. The van der Waals surface area contributed by atoms with Crippen molar-refractivity contribution in [3.8, 4) is 11.5 Å². The number of rotatable bonds is 14. The van der Waals surface area contributed by atoms with Gasteiger partial charge in [0.2, 0.25) is 0 Å². The van der Waals surface area contributed by atoms with Crippen LogP contribution in [0.1, 0.15) is 22.3 Å². The molecule has 11 heteroatoms. The van der Waals surface area contributed by atoms with Gasteiger partial charge in [-0.3, -0.25) is 9.59 Å². The zero-order valence-corrected chi connectivity index (χ0v) is 28.7. The molecule has 0 unspecified atom stereocenters. The van der Waals surface area contributed by atoms with E-state index in [2.05, 4.69) is 21.1 Å². The quantitative estimate of drug-likeness (QED) is 0.0874. The number of hydrogen-bond acceptors (Lipinski definition) is 7. The van der Waals surface area contributed by atoms with Crippen molar-refractivity contribution < 1.29 is 23.8 Å². The number of nitrogens with one attached hydrogen (secondary N) is 2. The monoisotopic (exact) mass is 718 g/mol. The predicted octanol–water partition coefficient (Wildman–Crippen LogP) is 8.07. The minimum absolute atomic E-state index is 0.256. The Morgan fingerprint density at radius 2 is 0.961 bits per heavy atom. The van der Waals surface area contributed by atoms with Gasteiger partial charge in [0.25, 0.3) is 11.8 Å². The lowest BCUT2D eigenvalue weighted by molar-refractivity contribution is -0.130. The Kier molecular flexibility index (Phi) is 11.9. The third-order valence-electron chi connectivity index (χ3n) is 7.78. The molecule has 0 radical (unpaired) electrons. The second kappa shape index (κ2) is 17.3. The Hall–Kier alpha value is -5.74. The van der Waals surface area contributed by atoms with E-state index in [1.165, 1.54) is 12.4 Å². The van der Waals surface area contributed by atoms with Crippen LogP contribution in [0.25, 0.3) is 21.5 Å². The van der Waals surface area contributed by atoms with Crippen molar-refractivity contribution in [2.45, 2.75) is 13.2 Å². The molecular formula is C40H32Cl2N4O5. The van der Waals surface area contributed by atoms with Crippen LogP contribution < -0.4 is 20.3 Å². The van der Waals surface area contributed by atoms with Crippen LogP contribution in [0.15, 0.2) is 132 Å². The third-order valence-corrected chi connectivity index (χ3v) is 8.51. The van der Waals surface area contributed by atoms with E-state index in [1.54, 1.807) is 12.1 Å². The number of carbonyl (C=O) groups is 2. The van der Waals surface area contributed by atoms with Crippen molar-refractivity contribution in [2.24, 2.45) is 10.2 Å². The Bertz CT molecular complexity index is 2080. The van der Waals surface area contributed by atoms with Crippen molar-refractivity contribution in [2.75, 3.05) is 13.2 Å². The molecule has 0 aliphatic rings. The van der Waals surface area contributed by atoms with E-state index < -0.39 is 25.0 Å². The molecule has 2 N–H and O–H groups in total. The molecule has 0 aromatic heterocycles. The molecule has 0 aliphatic heterocycles. The Balaban J connectivity index is 1.02. The number of nitrogens with zero attached hydrogens (tertiary/aromatic N) is 2. The Labute approximate surface area is 304 Å². The highest BCUT2D eigenvalue weighted by molar-refractivity contribution is 6.31. The smallest absolute Gasteiger partial charge is 0.266 e. The molecular weight excluding hydrogens is 687 g/mol. The SMILES string of the molecule is O=C(COCC(=O)N/N=C/c1c(OCc2ccccc2Cl)ccc2ccccc12)N/N=C/c1c(OCc2ccccc2Cl)ccc2ccccc12. The van der Waals surface area contributed by atoms with E-state index in [9.17, 15) is 9.59 Å². The van der Waals surface area contributed by atoms with Crippen LogP contribution in [0.3, 0.4) is 0 Å². The van der Waals surface area contributed by atoms with E-state index in [1.807, 2.05) is 109 Å². The van der Waals surface area contributed by atoms with E-state index >= 15 is 0 Å². The van der Waals surface area contributed by atoms with Gasteiger partial charge in [0.15, 0.2) is 0 Å². The standard InChI is InChI=1S/C40H32Cl2N4O5/c41-35-15-7-3-11-29(35)23-50-37-19-17-27-9-1-5-13-31(27)33(37)21-43-45-39(47)25-49-26-40(48)46-44-22-34-32-14-6-2-10-28(32)18-20-38(34)51-24-30-12-4-8-16-36(30)42/h1-22H,23-26H2,(H,45,47)(H,46,48)/b43-21+,44-22+. The van der Waals surface area contributed by atoms with Crippen molar-refractivity contribution >= 4 is 69.0 Å². The topological polar surface area (TPSA) is 111 Å². The number of amides is 2. The Morgan fingerprint density at radius 1 is 0.549 bits per heavy atom. The van der Waals surface area contributed by atoms with Crippen LogP contribution in [0.2, 0.25) is 10.0 Å². The summed E-state index contributed by atoms with van der Waals surface area (Å²) in [7, 11) is 0. The first kappa shape index (κ1) is 35.1. The minimum Gasteiger partial charge on any atom is -0.488 e. The highest BCUT2D eigenvalue weighted by Crippen LogP contribution is 2.29. The van der Waals surface area contributed by atoms with Crippen LogP contribution in [-0.2, 0) is 27.5 Å². The van der Waals surface area contributed by atoms with Crippen LogP contribution in [-0.4, -0.2) is 37.5 Å². The molecule has 0 heterocycles. The van der Waals surface area contributed by atoms with Crippen LogP contribution >= 0.6 is 23.2 Å². The number of carbonyl (C=O) groups excluding carboxylic acids is 2. The number of halogens is 2. The average molecular weight is 720 g/mol. The zero-order valence-electron chi connectivity index (χ0n) is 27.2. The van der Waals surface area contributed by atoms with Crippen LogP contribution in [0, 0.1) is 0 Å². The summed E-state index contributed by atoms with van der Waals surface area (Å²) in [6, 6.07) is 38.0. The summed E-state index contributed by atoms with van der Waals surface area (Å²) >= 11 is 12.6. The van der Waals surface area contributed by atoms with Crippen LogP contribution in [0.4, 0.5) is 0 Å². The summed E-state index contributed by atoms with van der Waals surface area (Å²) in [5.41, 5.74) is 7.93. The van der Waals surface area contributed by atoms with Gasteiger partial charge in [-0.15, -0.1) is 0 Å². The second-order valence-corrected chi connectivity index (χ2v) is 12.1. The number of benzene rings is 6. The van der Waals surface area contributed by atoms with E-state index in [0.717, 1.165) is 32.7 Å². The summed E-state index contributed by atoms with van der Waals surface area (Å²) in [6.45, 7) is -0.288. The summed E-state index contributed by atoms with van der Waals surface area (Å²) < 4.78 is 17.5. The van der Waals surface area contributed by atoms with Crippen molar-refractivity contribution in [1.82, 2.24) is 10.9 Å². The maximum absolute atomic E-state index is 12.5. The highest BCUT2D eigenvalue weighted by atomic mass is 35.5. The van der Waals surface area contributed by atoms with Gasteiger partial charge in [-0.25, -0.2) is 10.9 Å². The van der Waals surface area contributed by atoms with E-state index in [4.69, 9.17) is 37.4 Å². The first-order valence-corrected chi connectivity index (χ1v) is 16.7. The number of hydrazone groups is 2. The first-order valence-electron chi connectivity index (χ1n) is 15.9. The van der Waals surface area contributed by atoms with Gasteiger partial charge in [0, 0.05) is 32.3 Å². The lowest BCUT2D eigenvalue weighted by Gasteiger charge is -2.12. The first-order chi connectivity index (χ1) is 25.0. The van der Waals surface area contributed by atoms with Gasteiger partial charge in [-0.05, 0) is 45.8 Å². The molecule has 0 spiro atoms. The maximum atomic E-state index is 12.5. The molecule has 0 aliphatic carbocycles. The van der Waals surface area contributed by atoms with Crippen molar-refractivity contribution in [3.63, 3.8) is 0 Å². The Morgan fingerprint density at radius 3 is 1.41 bits per heavy atom. The van der Waals surface area contributed by atoms with Crippen molar-refractivity contribution in [3.05, 3.63) is 154 Å². The highest BCUT2D eigenvalue weighted by Gasteiger charge is 2.11. The molecule has 6 rings (SSSR count). The lowest BCUT2D eigenvalue weighted by Crippen LogP contribution is -2.28. The fourth-order valence-corrected chi connectivity index (χ4v) is 5.63. The molecule has 6 aromatic rings. The predicted molar refractivity (Wildman–Crippen MR) is 202 cm³/mol. The summed E-state index contributed by atoms with van der Waals surface area (Å²) in [4.78, 5) is 25.0. The molecule has 0 saturated heterocycles. The molecule has 9 nitrogen and oxygen atoms in total. The van der Waals surface area contributed by atoms with Crippen molar-refractivity contribution in [1.29, 1.82) is 0 Å². The molecule has 256 valence electrons. The fraction of sp³-hybridized carbons (Fsp3) is 0.100. The van der Waals surface area contributed by atoms with E-state index in [0.29, 0.717) is 32.7 Å². The number of ether oxygens (including phenoxy) is 3. The molecule has 0 fully saturated rings. The molecule has 51 heavy (non-hydrogen) atoms. The van der Waals surface area contributed by atoms with Gasteiger partial charge in [0.05, 0.1) is 12.4 Å². The van der Waals surface area contributed by atoms with Gasteiger partial charge >= 0.3 is 0 Å². The average Bonchev–Trinajstić information content (AvgIpc) is 3.15. The van der Waals surface area contributed by atoms with Gasteiger partial charge < -0.3 is 14.2 Å². The summed E-state index contributed by atoms with van der Waals surface area (Å²) in [5, 5.41) is 13.2. The zero-order chi connectivity index (χ0) is 35.4. The molecule has 0 saturated carbocycles. The largest absolute Gasteiger partial charge is 0.488 e. The van der Waals surface area contributed by atoms with Gasteiger partial charge in [-0.2, -0.15) is 10.2 Å². The normalized spacial score (nSPS) is 11.3. The maximum Gasteiger partial charge on any atom is 0.266 e. The van der Waals surface area contributed by atoms with E-state index in [-0.39, 0.29) is 13.2 Å². The fourth-order valence-electron chi connectivity index (χ4n) is 5.25. The molecule has 0 bridgehead atoms. The summed E-state index contributed by atoms with van der Waals surface area (Å²) in [6.07, 6.45) is 3.03. The van der Waals surface area contributed by atoms with Gasteiger partial charge in [-0.1, -0.05) is 120 Å². The molecule has 6 aromatic carbocycles. The molecule has 2 amide bonds. The third kappa shape index (κ3) is 9.29. The van der Waals surface area contributed by atoms with Gasteiger partial charge in [0.1, 0.15) is 37.9 Å². The second-order valence-electron chi connectivity index (χ2n) is 11.2.